The first-order valence-corrected chi connectivity index (χ1v) is 13.1. The Morgan fingerprint density at radius 2 is 1.61 bits per heavy atom. The molecule has 2 atom stereocenters. The highest BCUT2D eigenvalue weighted by Gasteiger charge is 2.44. The Hall–Kier alpha value is -4.39. The number of nitrogen functional groups attached to an aromatic ring is 1. The molecule has 0 spiro atoms. The van der Waals surface area contributed by atoms with Crippen LogP contribution in [0.2, 0.25) is 0 Å². The molecule has 0 bridgehead atoms. The number of para-hydroxylation sites is 1. The van der Waals surface area contributed by atoms with Crippen LogP contribution in [0.1, 0.15) is 46.3 Å². The second kappa shape index (κ2) is 9.49. The predicted octanol–water partition coefficient (Wildman–Crippen LogP) is 4.44. The van der Waals surface area contributed by atoms with Gasteiger partial charge in [-0.15, -0.1) is 0 Å². The molecule has 3 aromatic rings. The first-order chi connectivity index (χ1) is 18.4. The lowest BCUT2D eigenvalue weighted by Crippen LogP contribution is -2.52. The van der Waals surface area contributed by atoms with Crippen molar-refractivity contribution in [3.8, 4) is 0 Å². The largest absolute Gasteiger partial charge is 0.399 e. The van der Waals surface area contributed by atoms with Gasteiger partial charge in [-0.25, -0.2) is 0 Å². The summed E-state index contributed by atoms with van der Waals surface area (Å²) in [5.74, 6) is -0.641. The number of amides is 3. The van der Waals surface area contributed by atoms with E-state index in [1.54, 1.807) is 6.07 Å². The maximum absolute atomic E-state index is 14.1. The van der Waals surface area contributed by atoms with E-state index in [4.69, 9.17) is 5.73 Å². The summed E-state index contributed by atoms with van der Waals surface area (Å²) < 4.78 is 0. The van der Waals surface area contributed by atoms with Gasteiger partial charge in [-0.1, -0.05) is 61.5 Å². The molecule has 7 nitrogen and oxygen atoms in total. The predicted molar refractivity (Wildman–Crippen MR) is 147 cm³/mol. The van der Waals surface area contributed by atoms with Crippen molar-refractivity contribution < 1.29 is 14.4 Å². The van der Waals surface area contributed by atoms with Crippen LogP contribution in [0.5, 0.6) is 0 Å². The highest BCUT2D eigenvalue weighted by molar-refractivity contribution is 6.10. The lowest BCUT2D eigenvalue weighted by Gasteiger charge is -2.40. The number of benzene rings is 3. The van der Waals surface area contributed by atoms with E-state index in [1.165, 1.54) is 4.90 Å². The summed E-state index contributed by atoms with van der Waals surface area (Å²) in [7, 11) is 0. The molecule has 6 rings (SSSR count). The molecule has 0 radical (unpaired) electrons. The Balaban J connectivity index is 1.32. The van der Waals surface area contributed by atoms with E-state index in [0.717, 1.165) is 41.6 Å². The molecule has 2 unspecified atom stereocenters. The molecular formula is C31H30N4O3. The summed E-state index contributed by atoms with van der Waals surface area (Å²) in [5.41, 5.74) is 11.1. The lowest BCUT2D eigenvalue weighted by atomic mass is 9.95. The minimum Gasteiger partial charge on any atom is -0.399 e. The minimum atomic E-state index is -0.296. The van der Waals surface area contributed by atoms with Crippen molar-refractivity contribution in [2.24, 2.45) is 5.92 Å². The van der Waals surface area contributed by atoms with E-state index in [1.807, 2.05) is 76.5 Å². The lowest BCUT2D eigenvalue weighted by molar-refractivity contribution is -0.137. The van der Waals surface area contributed by atoms with Gasteiger partial charge in [-0.2, -0.15) is 0 Å². The van der Waals surface area contributed by atoms with Gasteiger partial charge < -0.3 is 15.5 Å². The molecule has 1 aliphatic carbocycles. The van der Waals surface area contributed by atoms with Crippen LogP contribution >= 0.6 is 0 Å². The highest BCUT2D eigenvalue weighted by atomic mass is 16.2. The SMILES string of the molecule is C=C1c2ccccc2C(=O)N1CC(=O)N1Cc2ccccc2N(Cc2ccc(N)cc2)C(=O)C2CCCC21. The number of hydrogen-bond acceptors (Lipinski definition) is 4. The summed E-state index contributed by atoms with van der Waals surface area (Å²) in [6.45, 7) is 4.81. The van der Waals surface area contributed by atoms with E-state index in [9.17, 15) is 14.4 Å². The topological polar surface area (TPSA) is 87.0 Å². The van der Waals surface area contributed by atoms with Crippen molar-refractivity contribution in [2.75, 3.05) is 17.2 Å². The van der Waals surface area contributed by atoms with Crippen LogP contribution in [0.4, 0.5) is 11.4 Å². The van der Waals surface area contributed by atoms with Gasteiger partial charge in [0.15, 0.2) is 0 Å². The Morgan fingerprint density at radius 3 is 2.37 bits per heavy atom. The number of anilines is 2. The molecule has 192 valence electrons. The molecule has 2 aliphatic heterocycles. The van der Waals surface area contributed by atoms with Crippen LogP contribution in [0.25, 0.3) is 5.70 Å². The van der Waals surface area contributed by atoms with Crippen molar-refractivity contribution in [3.63, 3.8) is 0 Å². The quantitative estimate of drug-likeness (QED) is 0.530. The third-order valence-electron chi connectivity index (χ3n) is 8.06. The van der Waals surface area contributed by atoms with Crippen molar-refractivity contribution in [3.05, 3.63) is 102 Å². The zero-order valence-electron chi connectivity index (χ0n) is 21.2. The van der Waals surface area contributed by atoms with Crippen LogP contribution in [0.15, 0.2) is 79.4 Å². The third kappa shape index (κ3) is 4.04. The Morgan fingerprint density at radius 1 is 0.895 bits per heavy atom. The van der Waals surface area contributed by atoms with Gasteiger partial charge in [-0.3, -0.25) is 19.3 Å². The molecule has 0 aromatic heterocycles. The van der Waals surface area contributed by atoms with Crippen molar-refractivity contribution in [2.45, 2.75) is 38.4 Å². The second-order valence-corrected chi connectivity index (χ2v) is 10.3. The summed E-state index contributed by atoms with van der Waals surface area (Å²) in [4.78, 5) is 46.2. The number of nitrogens with zero attached hydrogens (tertiary/aromatic N) is 3. The number of hydrogen-bond donors (Lipinski definition) is 1. The van der Waals surface area contributed by atoms with Crippen LogP contribution in [-0.2, 0) is 22.7 Å². The fourth-order valence-corrected chi connectivity index (χ4v) is 6.10. The van der Waals surface area contributed by atoms with Gasteiger partial charge in [0.05, 0.1) is 12.5 Å². The second-order valence-electron chi connectivity index (χ2n) is 10.3. The van der Waals surface area contributed by atoms with Crippen molar-refractivity contribution >= 4 is 34.8 Å². The van der Waals surface area contributed by atoms with Gasteiger partial charge >= 0.3 is 0 Å². The normalized spacial score (nSPS) is 20.6. The summed E-state index contributed by atoms with van der Waals surface area (Å²) in [6.07, 6.45) is 2.36. The fourth-order valence-electron chi connectivity index (χ4n) is 6.10. The first-order valence-electron chi connectivity index (χ1n) is 13.1. The molecule has 3 amide bonds. The third-order valence-corrected chi connectivity index (χ3v) is 8.06. The number of nitrogens with two attached hydrogens (primary N) is 1. The summed E-state index contributed by atoms with van der Waals surface area (Å²) in [6, 6.07) is 22.5. The van der Waals surface area contributed by atoms with Gasteiger partial charge in [0.25, 0.3) is 5.91 Å². The molecular weight excluding hydrogens is 476 g/mol. The number of rotatable bonds is 4. The van der Waals surface area contributed by atoms with Crippen molar-refractivity contribution in [1.29, 1.82) is 0 Å². The zero-order valence-corrected chi connectivity index (χ0v) is 21.2. The van der Waals surface area contributed by atoms with Gasteiger partial charge in [0.1, 0.15) is 6.54 Å². The van der Waals surface area contributed by atoms with Crippen LogP contribution < -0.4 is 10.6 Å². The molecule has 38 heavy (non-hydrogen) atoms. The van der Waals surface area contributed by atoms with E-state index in [0.29, 0.717) is 30.0 Å². The van der Waals surface area contributed by atoms with Crippen LogP contribution in [-0.4, -0.2) is 40.1 Å². The average Bonchev–Trinajstić information content (AvgIpc) is 3.50. The molecule has 2 heterocycles. The zero-order chi connectivity index (χ0) is 26.4. The van der Waals surface area contributed by atoms with Gasteiger partial charge in [0, 0.05) is 40.8 Å². The fraction of sp³-hybridized carbons (Fsp3) is 0.258. The molecule has 0 saturated heterocycles. The number of fused-ring (bicyclic) bond motifs is 3. The smallest absolute Gasteiger partial charge is 0.259 e. The Labute approximate surface area is 222 Å². The molecule has 2 N–H and O–H groups in total. The molecule has 7 heteroatoms. The number of carbonyl (C=O) groups excluding carboxylic acids is 3. The Kier molecular flexibility index (Phi) is 5.98. The summed E-state index contributed by atoms with van der Waals surface area (Å²) >= 11 is 0. The standard InChI is InChI=1S/C31H30N4O3/c1-20-24-8-3-4-9-25(24)30(37)33(20)19-29(36)34-18-22-7-2-5-11-27(22)35(17-21-13-15-23(32)16-14-21)31(38)26-10-6-12-28(26)34/h2-5,7-9,11,13-16,26,28H,1,6,10,12,17-19,32H2. The maximum atomic E-state index is 14.1. The van der Waals surface area contributed by atoms with E-state index >= 15 is 0 Å². The maximum Gasteiger partial charge on any atom is 0.259 e. The summed E-state index contributed by atoms with van der Waals surface area (Å²) in [5, 5.41) is 0. The van der Waals surface area contributed by atoms with Crippen LogP contribution in [0.3, 0.4) is 0 Å². The monoisotopic (exact) mass is 506 g/mol. The van der Waals surface area contributed by atoms with E-state index in [-0.39, 0.29) is 36.2 Å². The van der Waals surface area contributed by atoms with Crippen molar-refractivity contribution in [1.82, 2.24) is 9.80 Å². The molecule has 1 fully saturated rings. The first kappa shape index (κ1) is 24.0. The molecule has 3 aromatic carbocycles. The molecule has 1 saturated carbocycles. The van der Waals surface area contributed by atoms with E-state index < -0.39 is 0 Å². The van der Waals surface area contributed by atoms with E-state index in [2.05, 4.69) is 6.58 Å². The van der Waals surface area contributed by atoms with Gasteiger partial charge in [0.2, 0.25) is 11.8 Å². The average molecular weight is 507 g/mol. The number of carbonyl (C=O) groups is 3. The van der Waals surface area contributed by atoms with Gasteiger partial charge in [-0.05, 0) is 48.2 Å². The van der Waals surface area contributed by atoms with Crippen LogP contribution in [0, 0.1) is 5.92 Å². The minimum absolute atomic E-state index is 0.0309. The highest BCUT2D eigenvalue weighted by Crippen LogP contribution is 2.39. The Bertz CT molecular complexity index is 1410. The molecule has 3 aliphatic rings.